The summed E-state index contributed by atoms with van der Waals surface area (Å²) in [5.74, 6) is -1.01. The van der Waals surface area contributed by atoms with Crippen molar-refractivity contribution in [3.05, 3.63) is 68.0 Å². The Labute approximate surface area is 164 Å². The van der Waals surface area contributed by atoms with Crippen LogP contribution in [0, 0.1) is 5.82 Å². The highest BCUT2D eigenvalue weighted by molar-refractivity contribution is 9.11. The molecule has 0 aliphatic carbocycles. The molecule has 0 aromatic heterocycles. The molecule has 26 heavy (non-hydrogen) atoms. The van der Waals surface area contributed by atoms with Gasteiger partial charge in [0.1, 0.15) is 5.82 Å². The Bertz CT molecular complexity index is 945. The fourth-order valence-corrected chi connectivity index (χ4v) is 3.57. The summed E-state index contributed by atoms with van der Waals surface area (Å²) in [4.78, 5) is 27.3. The van der Waals surface area contributed by atoms with Crippen LogP contribution >= 0.6 is 31.9 Å². The summed E-state index contributed by atoms with van der Waals surface area (Å²) >= 11 is 6.64. The molecule has 0 spiro atoms. The second-order valence-electron chi connectivity index (χ2n) is 5.25. The third kappa shape index (κ3) is 4.08. The average molecular weight is 483 g/mol. The molecule has 5 nitrogen and oxygen atoms in total. The molecular formula is C18H10Br2FNO4. The van der Waals surface area contributed by atoms with Gasteiger partial charge < -0.3 is 9.47 Å². The van der Waals surface area contributed by atoms with Gasteiger partial charge in [0.15, 0.2) is 11.4 Å². The lowest BCUT2D eigenvalue weighted by Crippen LogP contribution is -2.05. The summed E-state index contributed by atoms with van der Waals surface area (Å²) < 4.78 is 24.3. The molecule has 0 saturated heterocycles. The van der Waals surface area contributed by atoms with Gasteiger partial charge in [-0.3, -0.25) is 4.79 Å². The van der Waals surface area contributed by atoms with Crippen molar-refractivity contribution in [3.63, 3.8) is 0 Å². The first-order chi connectivity index (χ1) is 12.3. The second kappa shape index (κ2) is 7.51. The van der Waals surface area contributed by atoms with E-state index in [1.807, 2.05) is 0 Å². The molecule has 2 aromatic carbocycles. The monoisotopic (exact) mass is 481 g/mol. The molecule has 2 aromatic rings. The van der Waals surface area contributed by atoms with E-state index in [-0.39, 0.29) is 11.6 Å². The van der Waals surface area contributed by atoms with Gasteiger partial charge >= 0.3 is 11.9 Å². The second-order valence-corrected chi connectivity index (χ2v) is 6.96. The predicted octanol–water partition coefficient (Wildman–Crippen LogP) is 4.62. The van der Waals surface area contributed by atoms with Crippen molar-refractivity contribution in [1.82, 2.24) is 0 Å². The molecule has 0 atom stereocenters. The lowest BCUT2D eigenvalue weighted by atomic mass is 10.2. The number of esters is 2. The molecule has 0 unspecified atom stereocenters. The first-order valence-electron chi connectivity index (χ1n) is 7.29. The van der Waals surface area contributed by atoms with E-state index in [2.05, 4.69) is 36.9 Å². The van der Waals surface area contributed by atoms with Gasteiger partial charge in [-0.05, 0) is 79.9 Å². The zero-order chi connectivity index (χ0) is 18.8. The Balaban J connectivity index is 1.93. The molecule has 8 heteroatoms. The SMILES string of the molecule is CC(=O)Oc1c(Br)cc(C=C2N=C(c3ccc(F)cc3)OC2=O)cc1Br. The van der Waals surface area contributed by atoms with E-state index in [0.717, 1.165) is 0 Å². The van der Waals surface area contributed by atoms with Crippen molar-refractivity contribution in [2.45, 2.75) is 6.92 Å². The van der Waals surface area contributed by atoms with Crippen molar-refractivity contribution in [3.8, 4) is 5.75 Å². The largest absolute Gasteiger partial charge is 0.424 e. The van der Waals surface area contributed by atoms with E-state index in [4.69, 9.17) is 9.47 Å². The summed E-state index contributed by atoms with van der Waals surface area (Å²) in [5, 5.41) is 0. The molecular weight excluding hydrogens is 473 g/mol. The molecule has 3 rings (SSSR count). The van der Waals surface area contributed by atoms with E-state index in [0.29, 0.717) is 25.8 Å². The number of cyclic esters (lactones) is 1. The summed E-state index contributed by atoms with van der Waals surface area (Å²) in [6, 6.07) is 8.82. The number of aliphatic imine (C=N–C) groups is 1. The molecule has 0 saturated carbocycles. The Morgan fingerprint density at radius 1 is 1.19 bits per heavy atom. The standard InChI is InChI=1S/C18H10Br2FNO4/c1-9(23)25-16-13(19)6-10(7-14(16)20)8-15-18(24)26-17(22-15)11-2-4-12(21)5-3-11/h2-8H,1H3. The number of hydrogen-bond donors (Lipinski definition) is 0. The van der Waals surface area contributed by atoms with E-state index in [1.165, 1.54) is 37.3 Å². The maximum Gasteiger partial charge on any atom is 0.363 e. The molecule has 0 fully saturated rings. The highest BCUT2D eigenvalue weighted by Crippen LogP contribution is 2.35. The maximum absolute atomic E-state index is 13.0. The molecule has 0 radical (unpaired) electrons. The quantitative estimate of drug-likeness (QED) is 0.363. The lowest BCUT2D eigenvalue weighted by molar-refractivity contribution is -0.132. The third-order valence-corrected chi connectivity index (χ3v) is 4.46. The van der Waals surface area contributed by atoms with Gasteiger partial charge in [-0.15, -0.1) is 0 Å². The van der Waals surface area contributed by atoms with Crippen molar-refractivity contribution >= 4 is 55.8 Å². The smallest absolute Gasteiger partial charge is 0.363 e. The maximum atomic E-state index is 13.0. The molecule has 0 N–H and O–H groups in total. The number of rotatable bonds is 3. The molecule has 1 heterocycles. The van der Waals surface area contributed by atoms with Gasteiger partial charge in [-0.25, -0.2) is 14.2 Å². The lowest BCUT2D eigenvalue weighted by Gasteiger charge is -2.08. The number of benzene rings is 2. The topological polar surface area (TPSA) is 65.0 Å². The molecule has 1 aliphatic heterocycles. The first kappa shape index (κ1) is 18.5. The molecule has 132 valence electrons. The van der Waals surface area contributed by atoms with E-state index < -0.39 is 17.8 Å². The fourth-order valence-electron chi connectivity index (χ4n) is 2.19. The van der Waals surface area contributed by atoms with Gasteiger partial charge in [-0.2, -0.15) is 0 Å². The predicted molar refractivity (Wildman–Crippen MR) is 100 cm³/mol. The number of hydrogen-bond acceptors (Lipinski definition) is 5. The number of carbonyl (C=O) groups is 2. The van der Waals surface area contributed by atoms with Crippen LogP contribution < -0.4 is 4.74 Å². The van der Waals surface area contributed by atoms with Crippen LogP contribution in [-0.2, 0) is 14.3 Å². The zero-order valence-corrected chi connectivity index (χ0v) is 16.4. The van der Waals surface area contributed by atoms with Gasteiger partial charge in [0.2, 0.25) is 5.90 Å². The van der Waals surface area contributed by atoms with E-state index in [9.17, 15) is 14.0 Å². The normalized spacial score (nSPS) is 15.0. The summed E-state index contributed by atoms with van der Waals surface area (Å²) in [6.45, 7) is 1.30. The van der Waals surface area contributed by atoms with Crippen LogP contribution in [0.2, 0.25) is 0 Å². The van der Waals surface area contributed by atoms with E-state index >= 15 is 0 Å². The molecule has 1 aliphatic rings. The van der Waals surface area contributed by atoms with Crippen molar-refractivity contribution in [2.24, 2.45) is 4.99 Å². The van der Waals surface area contributed by atoms with Gasteiger partial charge in [0, 0.05) is 12.5 Å². The molecule has 0 amide bonds. The van der Waals surface area contributed by atoms with Crippen LogP contribution in [0.3, 0.4) is 0 Å². The Morgan fingerprint density at radius 2 is 1.81 bits per heavy atom. The van der Waals surface area contributed by atoms with Gasteiger partial charge in [-0.1, -0.05) is 0 Å². The minimum Gasteiger partial charge on any atom is -0.424 e. The average Bonchev–Trinajstić information content (AvgIpc) is 2.92. The van der Waals surface area contributed by atoms with Crippen LogP contribution in [0.25, 0.3) is 6.08 Å². The number of halogens is 3. The van der Waals surface area contributed by atoms with Crippen LogP contribution in [0.1, 0.15) is 18.1 Å². The van der Waals surface area contributed by atoms with Crippen LogP contribution in [0.15, 0.2) is 56.0 Å². The Hall–Kier alpha value is -2.32. The fraction of sp³-hybridized carbons (Fsp3) is 0.0556. The molecule has 0 bridgehead atoms. The van der Waals surface area contributed by atoms with Crippen LogP contribution in [-0.4, -0.2) is 17.8 Å². The van der Waals surface area contributed by atoms with Crippen LogP contribution in [0.4, 0.5) is 4.39 Å². The van der Waals surface area contributed by atoms with Crippen molar-refractivity contribution in [2.75, 3.05) is 0 Å². The van der Waals surface area contributed by atoms with E-state index in [1.54, 1.807) is 12.1 Å². The van der Waals surface area contributed by atoms with Crippen LogP contribution in [0.5, 0.6) is 5.75 Å². The first-order valence-corrected chi connectivity index (χ1v) is 8.88. The minimum atomic E-state index is -0.611. The highest BCUT2D eigenvalue weighted by atomic mass is 79.9. The minimum absolute atomic E-state index is 0.100. The number of nitrogens with zero attached hydrogens (tertiary/aromatic N) is 1. The number of carbonyl (C=O) groups excluding carboxylic acids is 2. The third-order valence-electron chi connectivity index (χ3n) is 3.28. The number of ether oxygens (including phenoxy) is 2. The van der Waals surface area contributed by atoms with Crippen molar-refractivity contribution < 1.29 is 23.5 Å². The van der Waals surface area contributed by atoms with Crippen molar-refractivity contribution in [1.29, 1.82) is 0 Å². The Morgan fingerprint density at radius 3 is 2.38 bits per heavy atom. The van der Waals surface area contributed by atoms with Gasteiger partial charge in [0.25, 0.3) is 0 Å². The highest BCUT2D eigenvalue weighted by Gasteiger charge is 2.24. The van der Waals surface area contributed by atoms with Gasteiger partial charge in [0.05, 0.1) is 8.95 Å². The zero-order valence-electron chi connectivity index (χ0n) is 13.3. The summed E-state index contributed by atoms with van der Waals surface area (Å²) in [5.41, 5.74) is 1.23. The Kier molecular flexibility index (Phi) is 5.33. The summed E-state index contributed by atoms with van der Waals surface area (Å²) in [7, 11) is 0. The summed E-state index contributed by atoms with van der Waals surface area (Å²) in [6.07, 6.45) is 1.53.